The summed E-state index contributed by atoms with van der Waals surface area (Å²) in [5, 5.41) is 11.2. The maximum Gasteiger partial charge on any atom is 0.268 e. The third-order valence-corrected chi connectivity index (χ3v) is 5.69. The molecule has 10 heteroatoms. The minimum absolute atomic E-state index is 0.0179. The van der Waals surface area contributed by atoms with Gasteiger partial charge in [0.05, 0.1) is 20.8 Å². The molecule has 2 N–H and O–H groups in total. The molecule has 0 radical (unpaired) electrons. The highest BCUT2D eigenvalue weighted by molar-refractivity contribution is 7.10. The Labute approximate surface area is 205 Å². The van der Waals surface area contributed by atoms with Crippen LogP contribution in [0.15, 0.2) is 76.3 Å². The molecule has 0 aliphatic rings. The first-order chi connectivity index (χ1) is 17.1. The second-order valence-electron chi connectivity index (χ2n) is 7.18. The Kier molecular flexibility index (Phi) is 7.53. The van der Waals surface area contributed by atoms with E-state index in [1.165, 1.54) is 11.3 Å². The van der Waals surface area contributed by atoms with Crippen molar-refractivity contribution in [2.75, 3.05) is 14.2 Å². The van der Waals surface area contributed by atoms with Crippen molar-refractivity contribution in [1.82, 2.24) is 20.8 Å². The molecular weight excluding hydrogens is 468 g/mol. The molecule has 0 bridgehead atoms. The number of hydrogen-bond acceptors (Lipinski definition) is 8. The number of nitrogens with zero attached hydrogens (tertiary/aromatic N) is 2. The molecule has 0 atom stereocenters. The van der Waals surface area contributed by atoms with Gasteiger partial charge in [0.25, 0.3) is 11.8 Å². The molecule has 178 valence electrons. The van der Waals surface area contributed by atoms with Gasteiger partial charge in [-0.3, -0.25) is 9.59 Å². The zero-order valence-corrected chi connectivity index (χ0v) is 19.8. The number of hydrogen-bond donors (Lipinski definition) is 2. The molecule has 4 rings (SSSR count). The lowest BCUT2D eigenvalue weighted by Gasteiger charge is -2.10. The van der Waals surface area contributed by atoms with Crippen molar-refractivity contribution >= 4 is 29.2 Å². The van der Waals surface area contributed by atoms with E-state index in [-0.39, 0.29) is 18.1 Å². The number of aromatic nitrogens is 2. The Hall–Kier alpha value is -4.44. The van der Waals surface area contributed by atoms with Crippen LogP contribution in [0.25, 0.3) is 17.5 Å². The highest BCUT2D eigenvalue weighted by Crippen LogP contribution is 2.21. The molecule has 0 saturated heterocycles. The normalized spacial score (nSPS) is 11.1. The number of ether oxygens (including phenoxy) is 2. The number of rotatable bonds is 9. The van der Waals surface area contributed by atoms with E-state index < -0.39 is 11.8 Å². The first-order valence-electron chi connectivity index (χ1n) is 10.5. The molecule has 2 heterocycles. The van der Waals surface area contributed by atoms with Crippen LogP contribution >= 0.6 is 11.3 Å². The van der Waals surface area contributed by atoms with Crippen molar-refractivity contribution in [3.05, 3.63) is 88.1 Å². The van der Waals surface area contributed by atoms with Gasteiger partial charge < -0.3 is 24.6 Å². The number of thiophene rings is 1. The minimum atomic E-state index is -0.499. The van der Waals surface area contributed by atoms with E-state index >= 15 is 0 Å². The molecule has 0 aliphatic heterocycles. The number of amides is 2. The Morgan fingerprint density at radius 2 is 1.83 bits per heavy atom. The first kappa shape index (κ1) is 23.7. The molecular formula is C25H22N4O5S. The number of carbonyl (C=O) groups excluding carboxylic acids is 2. The van der Waals surface area contributed by atoms with Crippen molar-refractivity contribution in [2.24, 2.45) is 0 Å². The van der Waals surface area contributed by atoms with E-state index in [0.717, 1.165) is 10.4 Å². The first-order valence-corrected chi connectivity index (χ1v) is 11.4. The largest absolute Gasteiger partial charge is 0.497 e. The van der Waals surface area contributed by atoms with Crippen LogP contribution in [0.4, 0.5) is 0 Å². The lowest BCUT2D eigenvalue weighted by molar-refractivity contribution is -0.118. The number of nitrogens with one attached hydrogen (secondary N) is 2. The third-order valence-electron chi connectivity index (χ3n) is 4.87. The zero-order valence-electron chi connectivity index (χ0n) is 19.0. The van der Waals surface area contributed by atoms with E-state index in [1.54, 1.807) is 50.6 Å². The van der Waals surface area contributed by atoms with E-state index in [2.05, 4.69) is 20.8 Å². The third kappa shape index (κ3) is 6.12. The van der Waals surface area contributed by atoms with Crippen LogP contribution in [-0.2, 0) is 11.3 Å². The molecule has 0 saturated carbocycles. The van der Waals surface area contributed by atoms with E-state index in [9.17, 15) is 9.59 Å². The van der Waals surface area contributed by atoms with Crippen molar-refractivity contribution < 1.29 is 23.6 Å². The molecule has 0 fully saturated rings. The summed E-state index contributed by atoms with van der Waals surface area (Å²) >= 11 is 1.44. The smallest absolute Gasteiger partial charge is 0.268 e. The summed E-state index contributed by atoms with van der Waals surface area (Å²) in [6.45, 7) is -0.0179. The molecule has 2 amide bonds. The van der Waals surface area contributed by atoms with Crippen LogP contribution in [0.3, 0.4) is 0 Å². The predicted octanol–water partition coefficient (Wildman–Crippen LogP) is 3.90. The van der Waals surface area contributed by atoms with Crippen LogP contribution in [0.2, 0.25) is 0 Å². The zero-order chi connectivity index (χ0) is 24.6. The highest BCUT2D eigenvalue weighted by atomic mass is 32.1. The summed E-state index contributed by atoms with van der Waals surface area (Å²) in [6.07, 6.45) is 1.61. The van der Waals surface area contributed by atoms with Crippen molar-refractivity contribution in [1.29, 1.82) is 0 Å². The minimum Gasteiger partial charge on any atom is -0.497 e. The van der Waals surface area contributed by atoms with Gasteiger partial charge in [-0.25, -0.2) is 0 Å². The van der Waals surface area contributed by atoms with Gasteiger partial charge in [0.1, 0.15) is 17.2 Å². The molecule has 35 heavy (non-hydrogen) atoms. The van der Waals surface area contributed by atoms with E-state index in [0.29, 0.717) is 22.9 Å². The predicted molar refractivity (Wildman–Crippen MR) is 131 cm³/mol. The van der Waals surface area contributed by atoms with Crippen LogP contribution in [-0.4, -0.2) is 36.2 Å². The van der Waals surface area contributed by atoms with Crippen molar-refractivity contribution in [3.8, 4) is 22.9 Å². The van der Waals surface area contributed by atoms with E-state index in [1.807, 2.05) is 35.7 Å². The average molecular weight is 491 g/mol. The van der Waals surface area contributed by atoms with Crippen molar-refractivity contribution in [3.63, 3.8) is 0 Å². The Balaban J connectivity index is 1.46. The highest BCUT2D eigenvalue weighted by Gasteiger charge is 2.17. The van der Waals surface area contributed by atoms with Crippen LogP contribution < -0.4 is 20.1 Å². The van der Waals surface area contributed by atoms with Gasteiger partial charge in [-0.15, -0.1) is 11.3 Å². The molecule has 9 nitrogen and oxygen atoms in total. The van der Waals surface area contributed by atoms with E-state index in [4.69, 9.17) is 14.0 Å². The standard InChI is InChI=1S/C25H22N4O5S/c1-32-18-10-8-16(9-11-18)24(30)27-21(14-20-7-4-12-35-20)25(31)26-15-22-28-23(29-34-22)17-5-3-6-19(13-17)33-2/h3-14H,15H2,1-2H3,(H,26,31)(H,27,30)/b21-14-. The fourth-order valence-electron chi connectivity index (χ4n) is 3.07. The fourth-order valence-corrected chi connectivity index (χ4v) is 3.73. The maximum absolute atomic E-state index is 13.0. The lowest BCUT2D eigenvalue weighted by atomic mass is 10.2. The molecule has 0 unspecified atom stereocenters. The summed E-state index contributed by atoms with van der Waals surface area (Å²) in [7, 11) is 3.12. The summed E-state index contributed by atoms with van der Waals surface area (Å²) in [5.41, 5.74) is 1.19. The van der Waals surface area contributed by atoms with Gasteiger partial charge >= 0.3 is 0 Å². The van der Waals surface area contributed by atoms with Crippen LogP contribution in [0, 0.1) is 0 Å². The van der Waals surface area contributed by atoms with Gasteiger partial charge in [-0.2, -0.15) is 4.98 Å². The SMILES string of the molecule is COc1ccc(C(=O)N/C(=C\c2cccs2)C(=O)NCc2nc(-c3cccc(OC)c3)no2)cc1. The Morgan fingerprint density at radius 3 is 2.54 bits per heavy atom. The summed E-state index contributed by atoms with van der Waals surface area (Å²) in [5.74, 6) is 0.952. The van der Waals surface area contributed by atoms with Gasteiger partial charge in [0.2, 0.25) is 11.7 Å². The maximum atomic E-state index is 13.0. The Morgan fingerprint density at radius 1 is 1.03 bits per heavy atom. The number of methoxy groups -OCH3 is 2. The summed E-state index contributed by atoms with van der Waals surface area (Å²) < 4.78 is 15.6. The van der Waals surface area contributed by atoms with Gasteiger partial charge in [0.15, 0.2) is 0 Å². The monoisotopic (exact) mass is 490 g/mol. The van der Waals surface area contributed by atoms with Crippen LogP contribution in [0.5, 0.6) is 11.5 Å². The topological polar surface area (TPSA) is 116 Å². The Bertz CT molecular complexity index is 1330. The van der Waals surface area contributed by atoms with Gasteiger partial charge in [-0.05, 0) is 53.9 Å². The molecule has 4 aromatic rings. The molecule has 2 aromatic carbocycles. The van der Waals surface area contributed by atoms with Crippen molar-refractivity contribution in [2.45, 2.75) is 6.54 Å². The molecule has 0 spiro atoms. The molecule has 0 aliphatic carbocycles. The van der Waals surface area contributed by atoms with Crippen LogP contribution in [0.1, 0.15) is 21.1 Å². The molecule has 2 aromatic heterocycles. The number of benzene rings is 2. The summed E-state index contributed by atoms with van der Waals surface area (Å²) in [4.78, 5) is 30.8. The second kappa shape index (κ2) is 11.1. The van der Waals surface area contributed by atoms with Gasteiger partial charge in [0, 0.05) is 16.0 Å². The lowest BCUT2D eigenvalue weighted by Crippen LogP contribution is -2.34. The quantitative estimate of drug-likeness (QED) is 0.342. The number of carbonyl (C=O) groups is 2. The average Bonchev–Trinajstić information content (AvgIpc) is 3.59. The second-order valence-corrected chi connectivity index (χ2v) is 8.16. The summed E-state index contributed by atoms with van der Waals surface area (Å²) in [6, 6.07) is 17.5. The van der Waals surface area contributed by atoms with Gasteiger partial charge in [-0.1, -0.05) is 23.4 Å². The fraction of sp³-hybridized carbons (Fsp3) is 0.120.